The number of cyclic esters (lactones) is 1. The summed E-state index contributed by atoms with van der Waals surface area (Å²) in [6.45, 7) is 7.16. The van der Waals surface area contributed by atoms with Crippen LogP contribution in [0.25, 0.3) is 0 Å². The molecular weight excluding hydrogens is 422 g/mol. The number of amides is 1. The lowest BCUT2D eigenvalue weighted by Crippen LogP contribution is -2.39. The van der Waals surface area contributed by atoms with Gasteiger partial charge in [-0.15, -0.1) is 6.58 Å². The summed E-state index contributed by atoms with van der Waals surface area (Å²) in [5.41, 5.74) is 0.970. The van der Waals surface area contributed by atoms with E-state index in [1.165, 1.54) is 7.11 Å². The van der Waals surface area contributed by atoms with Crippen molar-refractivity contribution in [1.82, 2.24) is 4.90 Å². The zero-order valence-electron chi connectivity index (χ0n) is 19.6. The molecule has 7 heteroatoms. The van der Waals surface area contributed by atoms with Crippen molar-refractivity contribution in [1.29, 1.82) is 0 Å². The molecule has 0 bridgehead atoms. The summed E-state index contributed by atoms with van der Waals surface area (Å²) in [6.07, 6.45) is 9.69. The second-order valence-corrected chi connectivity index (χ2v) is 7.54. The lowest BCUT2D eigenvalue weighted by Gasteiger charge is -2.24. The van der Waals surface area contributed by atoms with Crippen LogP contribution in [0.4, 0.5) is 4.79 Å². The normalized spacial score (nSPS) is 17.9. The molecule has 7 nitrogen and oxygen atoms in total. The van der Waals surface area contributed by atoms with E-state index in [4.69, 9.17) is 18.9 Å². The largest absolute Gasteiger partial charge is 0.467 e. The summed E-state index contributed by atoms with van der Waals surface area (Å²) in [5.74, 6) is -0.514. The first-order valence-corrected chi connectivity index (χ1v) is 11.3. The maximum atomic E-state index is 12.6. The molecule has 0 unspecified atom stereocenters. The quantitative estimate of drug-likeness (QED) is 0.220. The third-order valence-corrected chi connectivity index (χ3v) is 5.11. The van der Waals surface area contributed by atoms with E-state index < -0.39 is 18.2 Å². The maximum Gasteiger partial charge on any atom is 0.410 e. The molecule has 0 spiro atoms. The van der Waals surface area contributed by atoms with Gasteiger partial charge >= 0.3 is 12.1 Å². The van der Waals surface area contributed by atoms with Crippen LogP contribution in [0.15, 0.2) is 67.3 Å². The molecule has 0 aliphatic carbocycles. The van der Waals surface area contributed by atoms with Crippen molar-refractivity contribution in [2.45, 2.75) is 51.0 Å². The number of hydrogen-bond acceptors (Lipinski definition) is 6. The van der Waals surface area contributed by atoms with Crippen LogP contribution in [-0.4, -0.2) is 62.1 Å². The number of nitrogens with zero attached hydrogens (tertiary/aromatic N) is 1. The Kier molecular flexibility index (Phi) is 12.0. The zero-order chi connectivity index (χ0) is 23.9. The minimum absolute atomic E-state index is 0.240. The fourth-order valence-electron chi connectivity index (χ4n) is 3.32. The number of hydrogen-bond donors (Lipinski definition) is 0. The Labute approximate surface area is 196 Å². The van der Waals surface area contributed by atoms with Gasteiger partial charge in [0, 0.05) is 6.54 Å². The highest BCUT2D eigenvalue weighted by molar-refractivity contribution is 5.75. The van der Waals surface area contributed by atoms with Gasteiger partial charge in [-0.25, -0.2) is 9.59 Å². The third-order valence-electron chi connectivity index (χ3n) is 5.11. The monoisotopic (exact) mass is 457 g/mol. The van der Waals surface area contributed by atoms with Crippen LogP contribution in [0.2, 0.25) is 0 Å². The van der Waals surface area contributed by atoms with E-state index in [1.54, 1.807) is 17.1 Å². The predicted octanol–water partition coefficient (Wildman–Crippen LogP) is 4.44. The van der Waals surface area contributed by atoms with Gasteiger partial charge in [-0.3, -0.25) is 4.90 Å². The summed E-state index contributed by atoms with van der Waals surface area (Å²) >= 11 is 0. The van der Waals surface area contributed by atoms with Crippen molar-refractivity contribution in [2.75, 3.05) is 26.9 Å². The number of rotatable bonds is 15. The van der Waals surface area contributed by atoms with Crippen molar-refractivity contribution in [2.24, 2.45) is 0 Å². The van der Waals surface area contributed by atoms with Crippen LogP contribution < -0.4 is 0 Å². The second-order valence-electron chi connectivity index (χ2n) is 7.54. The van der Waals surface area contributed by atoms with E-state index in [0.717, 1.165) is 12.0 Å². The van der Waals surface area contributed by atoms with Gasteiger partial charge in [-0.1, -0.05) is 67.6 Å². The average molecular weight is 458 g/mol. The van der Waals surface area contributed by atoms with Crippen molar-refractivity contribution in [3.63, 3.8) is 0 Å². The molecule has 1 amide bonds. The molecule has 180 valence electrons. The molecule has 1 aromatic carbocycles. The molecule has 1 fully saturated rings. The Morgan fingerprint density at radius 2 is 2.03 bits per heavy atom. The highest BCUT2D eigenvalue weighted by atomic mass is 16.6. The highest BCUT2D eigenvalue weighted by Crippen LogP contribution is 2.18. The fourth-order valence-corrected chi connectivity index (χ4v) is 3.32. The molecule has 1 saturated heterocycles. The minimum atomic E-state index is -0.940. The molecule has 1 heterocycles. The van der Waals surface area contributed by atoms with E-state index in [1.807, 2.05) is 42.5 Å². The molecule has 33 heavy (non-hydrogen) atoms. The summed E-state index contributed by atoms with van der Waals surface area (Å²) in [5, 5.41) is 0. The first kappa shape index (κ1) is 26.4. The van der Waals surface area contributed by atoms with Crippen molar-refractivity contribution < 1.29 is 28.5 Å². The van der Waals surface area contributed by atoms with Crippen LogP contribution in [0.1, 0.15) is 31.7 Å². The number of methoxy groups -OCH3 is 1. The Morgan fingerprint density at radius 3 is 2.73 bits per heavy atom. The molecule has 1 aromatic rings. The van der Waals surface area contributed by atoms with Gasteiger partial charge in [0.1, 0.15) is 12.7 Å². The Balaban J connectivity index is 2.17. The highest BCUT2D eigenvalue weighted by Gasteiger charge is 2.33. The second kappa shape index (κ2) is 15.0. The summed E-state index contributed by atoms with van der Waals surface area (Å²) in [4.78, 5) is 26.3. The third kappa shape index (κ3) is 8.86. The molecule has 2 rings (SSSR count). The molecule has 3 atom stereocenters. The van der Waals surface area contributed by atoms with E-state index in [2.05, 4.69) is 19.6 Å². The number of carbonyl (C=O) groups is 2. The van der Waals surface area contributed by atoms with Crippen LogP contribution >= 0.6 is 0 Å². The Hall–Kier alpha value is -2.90. The maximum absolute atomic E-state index is 12.6. The van der Waals surface area contributed by atoms with Gasteiger partial charge in [-0.05, 0) is 24.8 Å². The van der Waals surface area contributed by atoms with Crippen LogP contribution in [0.5, 0.6) is 0 Å². The van der Waals surface area contributed by atoms with Crippen LogP contribution in [-0.2, 0) is 30.3 Å². The first-order valence-electron chi connectivity index (χ1n) is 11.3. The molecule has 0 N–H and O–H groups in total. The van der Waals surface area contributed by atoms with Gasteiger partial charge in [0.2, 0.25) is 0 Å². The van der Waals surface area contributed by atoms with Gasteiger partial charge in [0.05, 0.1) is 26.4 Å². The van der Waals surface area contributed by atoms with E-state index in [9.17, 15) is 9.59 Å². The van der Waals surface area contributed by atoms with Gasteiger partial charge < -0.3 is 18.9 Å². The molecule has 1 aliphatic rings. The Morgan fingerprint density at radius 1 is 1.24 bits per heavy atom. The van der Waals surface area contributed by atoms with Crippen molar-refractivity contribution in [3.05, 3.63) is 72.9 Å². The van der Waals surface area contributed by atoms with Crippen LogP contribution in [0, 0.1) is 0 Å². The van der Waals surface area contributed by atoms with E-state index in [0.29, 0.717) is 32.6 Å². The molecule has 0 saturated carbocycles. The summed E-state index contributed by atoms with van der Waals surface area (Å²) in [6, 6.07) is 9.43. The predicted molar refractivity (Wildman–Crippen MR) is 127 cm³/mol. The number of carbonyl (C=O) groups excluding carboxylic acids is 2. The Bertz CT molecular complexity index is 791. The number of benzene rings is 1. The number of allylic oxidation sites excluding steroid dienone is 1. The van der Waals surface area contributed by atoms with Gasteiger partial charge in [-0.2, -0.15) is 0 Å². The summed E-state index contributed by atoms with van der Waals surface area (Å²) in [7, 11) is 1.33. The number of ether oxygens (including phenoxy) is 4. The zero-order valence-corrected chi connectivity index (χ0v) is 19.6. The molecule has 1 aliphatic heterocycles. The fraction of sp³-hybridized carbons (Fsp3) is 0.462. The number of esters is 1. The van der Waals surface area contributed by atoms with Gasteiger partial charge in [0.15, 0.2) is 6.10 Å². The van der Waals surface area contributed by atoms with Gasteiger partial charge in [0.25, 0.3) is 0 Å². The summed E-state index contributed by atoms with van der Waals surface area (Å²) < 4.78 is 22.2. The van der Waals surface area contributed by atoms with Crippen LogP contribution in [0.3, 0.4) is 0 Å². The smallest absolute Gasteiger partial charge is 0.410 e. The van der Waals surface area contributed by atoms with E-state index >= 15 is 0 Å². The minimum Gasteiger partial charge on any atom is -0.467 e. The average Bonchev–Trinajstić information content (AvgIpc) is 3.19. The molecule has 0 aromatic heterocycles. The molecular formula is C26H35NO6. The van der Waals surface area contributed by atoms with Crippen molar-refractivity contribution >= 4 is 12.1 Å². The topological polar surface area (TPSA) is 74.3 Å². The SMILES string of the molecule is C=CCCN1C(=O)OC[C@@H]1/C=C/[C@@H](OCc1ccccc1)[C@H](OCC/C=C\CC)C(=O)OC. The lowest BCUT2D eigenvalue weighted by atomic mass is 10.1. The van der Waals surface area contributed by atoms with Crippen molar-refractivity contribution in [3.8, 4) is 0 Å². The van der Waals surface area contributed by atoms with E-state index in [-0.39, 0.29) is 18.7 Å². The lowest BCUT2D eigenvalue weighted by molar-refractivity contribution is -0.163. The first-order chi connectivity index (χ1) is 16.1. The standard InChI is InChI=1S/C26H35NO6/c1-4-6-8-12-18-31-24(25(28)30-3)23(32-19-21-13-10-9-11-14-21)16-15-22-20-33-26(29)27(22)17-7-5-2/h5-6,8-11,13-16,22-24H,2,4,7,12,17-20H2,1,3H3/b8-6-,16-15+/t22-,23+,24-/m0/s1. The molecule has 0 radical (unpaired) electrons.